The zero-order valence-corrected chi connectivity index (χ0v) is 21.6. The summed E-state index contributed by atoms with van der Waals surface area (Å²) in [6, 6.07) is 10.3. The standard InChI is InChI=1S/C27H35N3O3S/c1-6-18(2)29(26(32)33-27(3,4)5)15-12-23(31)30-14-11-21-20-9-7-8-10-22(20)28-24(21)25(30)19-13-16-34-17-19/h7-10,13,16-18,25,28H,6,11-12,14-15H2,1-5H3. The second kappa shape index (κ2) is 9.82. The van der Waals surface area contributed by atoms with E-state index in [0.717, 1.165) is 29.6 Å². The quantitative estimate of drug-likeness (QED) is 0.461. The molecular formula is C27H35N3O3S. The molecule has 2 aromatic heterocycles. The van der Waals surface area contributed by atoms with Crippen molar-refractivity contribution >= 4 is 34.2 Å². The molecule has 0 saturated heterocycles. The molecule has 2 unspecified atom stereocenters. The molecule has 1 aliphatic rings. The molecule has 4 rings (SSSR count). The molecule has 0 radical (unpaired) electrons. The number of benzene rings is 1. The van der Waals surface area contributed by atoms with Crippen molar-refractivity contribution in [2.45, 2.75) is 71.6 Å². The average molecular weight is 482 g/mol. The molecule has 7 heteroatoms. The number of amides is 2. The van der Waals surface area contributed by atoms with Crippen LogP contribution in [0.2, 0.25) is 0 Å². The average Bonchev–Trinajstić information content (AvgIpc) is 3.44. The molecule has 2 amide bonds. The molecule has 0 fully saturated rings. The van der Waals surface area contributed by atoms with Gasteiger partial charge in [0.05, 0.1) is 6.04 Å². The highest BCUT2D eigenvalue weighted by Crippen LogP contribution is 2.39. The Morgan fingerprint density at radius 1 is 1.26 bits per heavy atom. The number of hydrogen-bond acceptors (Lipinski definition) is 4. The van der Waals surface area contributed by atoms with Crippen LogP contribution in [0.1, 0.15) is 70.3 Å². The Morgan fingerprint density at radius 3 is 2.71 bits per heavy atom. The van der Waals surface area contributed by atoms with Crippen LogP contribution < -0.4 is 0 Å². The Hall–Kier alpha value is -2.80. The molecule has 2 atom stereocenters. The molecule has 0 saturated carbocycles. The van der Waals surface area contributed by atoms with Gasteiger partial charge in [0.25, 0.3) is 0 Å². The Bertz CT molecular complexity index is 1150. The third kappa shape index (κ3) is 4.99. The first-order chi connectivity index (χ1) is 16.2. The minimum atomic E-state index is -0.574. The monoisotopic (exact) mass is 481 g/mol. The lowest BCUT2D eigenvalue weighted by molar-refractivity contribution is -0.133. The van der Waals surface area contributed by atoms with Gasteiger partial charge in [-0.15, -0.1) is 0 Å². The fraction of sp³-hybridized carbons (Fsp3) is 0.481. The van der Waals surface area contributed by atoms with E-state index in [1.165, 1.54) is 10.9 Å². The highest BCUT2D eigenvalue weighted by molar-refractivity contribution is 7.08. The summed E-state index contributed by atoms with van der Waals surface area (Å²) in [6.07, 6.45) is 1.51. The van der Waals surface area contributed by atoms with E-state index < -0.39 is 5.60 Å². The summed E-state index contributed by atoms with van der Waals surface area (Å²) in [5.74, 6) is 0.0531. The molecule has 3 heterocycles. The van der Waals surface area contributed by atoms with Crippen LogP contribution in [0.25, 0.3) is 10.9 Å². The van der Waals surface area contributed by atoms with Gasteiger partial charge in [-0.05, 0) is 74.6 Å². The van der Waals surface area contributed by atoms with Crippen LogP contribution in [0.4, 0.5) is 4.79 Å². The molecule has 6 nitrogen and oxygen atoms in total. The maximum atomic E-state index is 13.6. The van der Waals surface area contributed by atoms with Crippen LogP contribution in [0, 0.1) is 0 Å². The van der Waals surface area contributed by atoms with Gasteiger partial charge in [-0.1, -0.05) is 25.1 Å². The molecule has 34 heavy (non-hydrogen) atoms. The van der Waals surface area contributed by atoms with Gasteiger partial charge in [0.2, 0.25) is 5.91 Å². The van der Waals surface area contributed by atoms with Gasteiger partial charge in [-0.25, -0.2) is 4.79 Å². The molecule has 182 valence electrons. The van der Waals surface area contributed by atoms with Crippen molar-refractivity contribution in [1.29, 1.82) is 0 Å². The van der Waals surface area contributed by atoms with E-state index in [4.69, 9.17) is 4.74 Å². The number of carbonyl (C=O) groups is 2. The maximum Gasteiger partial charge on any atom is 0.410 e. The number of aromatic amines is 1. The lowest BCUT2D eigenvalue weighted by Gasteiger charge is -2.37. The Kier molecular flexibility index (Phi) is 7.03. The first kappa shape index (κ1) is 24.3. The molecular weight excluding hydrogens is 446 g/mol. The molecule has 0 bridgehead atoms. The van der Waals surface area contributed by atoms with Crippen molar-refractivity contribution in [2.75, 3.05) is 13.1 Å². The number of fused-ring (bicyclic) bond motifs is 3. The fourth-order valence-electron chi connectivity index (χ4n) is 4.68. The predicted octanol–water partition coefficient (Wildman–Crippen LogP) is 6.13. The van der Waals surface area contributed by atoms with Crippen LogP contribution in [0.5, 0.6) is 0 Å². The van der Waals surface area contributed by atoms with E-state index in [0.29, 0.717) is 13.1 Å². The lowest BCUT2D eigenvalue weighted by atomic mass is 9.93. The normalized spacial score (nSPS) is 16.9. The van der Waals surface area contributed by atoms with Crippen LogP contribution in [-0.4, -0.2) is 51.5 Å². The van der Waals surface area contributed by atoms with Gasteiger partial charge in [0, 0.05) is 42.1 Å². The van der Waals surface area contributed by atoms with Crippen LogP contribution in [0.3, 0.4) is 0 Å². The minimum absolute atomic E-state index is 0.00279. The second-order valence-corrected chi connectivity index (χ2v) is 10.8. The van der Waals surface area contributed by atoms with E-state index in [-0.39, 0.29) is 30.5 Å². The van der Waals surface area contributed by atoms with E-state index in [9.17, 15) is 9.59 Å². The Morgan fingerprint density at radius 2 is 2.03 bits per heavy atom. The predicted molar refractivity (Wildman–Crippen MR) is 137 cm³/mol. The van der Waals surface area contributed by atoms with E-state index >= 15 is 0 Å². The van der Waals surface area contributed by atoms with Crippen molar-refractivity contribution in [1.82, 2.24) is 14.8 Å². The van der Waals surface area contributed by atoms with Gasteiger partial charge in [-0.3, -0.25) is 4.79 Å². The largest absolute Gasteiger partial charge is 0.444 e. The fourth-order valence-corrected chi connectivity index (χ4v) is 5.36. The summed E-state index contributed by atoms with van der Waals surface area (Å²) in [7, 11) is 0. The number of hydrogen-bond donors (Lipinski definition) is 1. The Balaban J connectivity index is 1.57. The van der Waals surface area contributed by atoms with Crippen molar-refractivity contribution in [2.24, 2.45) is 0 Å². The van der Waals surface area contributed by atoms with Crippen LogP contribution in [0.15, 0.2) is 41.1 Å². The summed E-state index contributed by atoms with van der Waals surface area (Å²) < 4.78 is 5.62. The van der Waals surface area contributed by atoms with E-state index in [2.05, 4.69) is 40.0 Å². The zero-order chi connectivity index (χ0) is 24.5. The summed E-state index contributed by atoms with van der Waals surface area (Å²) in [4.78, 5) is 33.7. The topological polar surface area (TPSA) is 65.6 Å². The molecule has 1 aromatic carbocycles. The number of ether oxygens (including phenoxy) is 1. The second-order valence-electron chi connectivity index (χ2n) is 10.0. The van der Waals surface area contributed by atoms with Gasteiger partial charge in [-0.2, -0.15) is 11.3 Å². The maximum absolute atomic E-state index is 13.6. The summed E-state index contributed by atoms with van der Waals surface area (Å²) in [5, 5.41) is 5.41. The molecule has 0 spiro atoms. The molecule has 0 aliphatic carbocycles. The zero-order valence-electron chi connectivity index (χ0n) is 20.8. The number of carbonyl (C=O) groups excluding carboxylic acids is 2. The van der Waals surface area contributed by atoms with Gasteiger partial charge < -0.3 is 19.5 Å². The third-order valence-electron chi connectivity index (χ3n) is 6.53. The molecule has 1 N–H and O–H groups in total. The van der Waals surface area contributed by atoms with Crippen molar-refractivity contribution in [3.63, 3.8) is 0 Å². The van der Waals surface area contributed by atoms with Crippen LogP contribution in [-0.2, 0) is 16.0 Å². The highest BCUT2D eigenvalue weighted by Gasteiger charge is 2.35. The summed E-state index contributed by atoms with van der Waals surface area (Å²) in [5.41, 5.74) is 4.05. The Labute approximate surface area is 205 Å². The first-order valence-electron chi connectivity index (χ1n) is 12.1. The number of nitrogens with zero attached hydrogens (tertiary/aromatic N) is 2. The van der Waals surface area contributed by atoms with Gasteiger partial charge in [0.15, 0.2) is 0 Å². The van der Waals surface area contributed by atoms with Crippen molar-refractivity contribution in [3.05, 3.63) is 57.9 Å². The van der Waals surface area contributed by atoms with Gasteiger partial charge >= 0.3 is 6.09 Å². The lowest BCUT2D eigenvalue weighted by Crippen LogP contribution is -2.45. The SMILES string of the molecule is CCC(C)N(CCC(=O)N1CCc2c([nH]c3ccccc23)C1c1ccsc1)C(=O)OC(C)(C)C. The molecule has 3 aromatic rings. The number of aromatic nitrogens is 1. The van der Waals surface area contributed by atoms with Crippen molar-refractivity contribution in [3.8, 4) is 0 Å². The van der Waals surface area contributed by atoms with E-state index in [1.807, 2.05) is 45.6 Å². The molecule has 1 aliphatic heterocycles. The van der Waals surface area contributed by atoms with Crippen molar-refractivity contribution < 1.29 is 14.3 Å². The third-order valence-corrected chi connectivity index (χ3v) is 7.23. The summed E-state index contributed by atoms with van der Waals surface area (Å²) in [6.45, 7) is 10.6. The number of H-pyrrole nitrogens is 1. The smallest absolute Gasteiger partial charge is 0.410 e. The number of thiophene rings is 1. The highest BCUT2D eigenvalue weighted by atomic mass is 32.1. The number of rotatable bonds is 6. The first-order valence-corrected chi connectivity index (χ1v) is 13.0. The van der Waals surface area contributed by atoms with Gasteiger partial charge in [0.1, 0.15) is 5.60 Å². The number of para-hydroxylation sites is 1. The van der Waals surface area contributed by atoms with E-state index in [1.54, 1.807) is 16.2 Å². The van der Waals surface area contributed by atoms with Crippen LogP contribution >= 0.6 is 11.3 Å². The number of nitrogens with one attached hydrogen (secondary N) is 1. The summed E-state index contributed by atoms with van der Waals surface area (Å²) >= 11 is 1.64. The minimum Gasteiger partial charge on any atom is -0.444 e.